The molecule has 0 N–H and O–H groups in total. The van der Waals surface area contributed by atoms with Crippen LogP contribution in [-0.2, 0) is 0 Å². The average molecular weight is 250 g/mol. The lowest BCUT2D eigenvalue weighted by Crippen LogP contribution is -1.87. The van der Waals surface area contributed by atoms with Crippen molar-refractivity contribution in [1.29, 1.82) is 0 Å². The molecule has 1 aliphatic rings. The van der Waals surface area contributed by atoms with E-state index in [0.717, 1.165) is 5.92 Å². The van der Waals surface area contributed by atoms with Gasteiger partial charge in [-0.05, 0) is 25.2 Å². The molecule has 0 amide bonds. The van der Waals surface area contributed by atoms with Gasteiger partial charge >= 0.3 is 0 Å². The number of allylic oxidation sites excluding steroid dienone is 2. The van der Waals surface area contributed by atoms with Crippen LogP contribution in [0.2, 0.25) is 0 Å². The summed E-state index contributed by atoms with van der Waals surface area (Å²) >= 11 is 2.47. The van der Waals surface area contributed by atoms with E-state index in [2.05, 4.69) is 35.6 Å². The largest absolute Gasteiger partial charge is 0.0817 e. The summed E-state index contributed by atoms with van der Waals surface area (Å²) in [6.07, 6.45) is 8.07. The minimum Gasteiger partial charge on any atom is -0.0817 e. The second kappa shape index (κ2) is 4.37. The molecule has 0 fully saturated rings. The molecular weight excluding hydrogens is 235 g/mol. The standard InChI is InChI=1S/C9H15I/c1-8-4-2-3-5-9(6-8)7-10/h6,8H,2-5,7H2,1H3/t8-/m1/s1. The first-order valence-electron chi connectivity index (χ1n) is 4.08. The van der Waals surface area contributed by atoms with Crippen LogP contribution in [0.1, 0.15) is 32.6 Å². The van der Waals surface area contributed by atoms with Gasteiger partial charge in [-0.2, -0.15) is 0 Å². The van der Waals surface area contributed by atoms with Crippen molar-refractivity contribution in [1.82, 2.24) is 0 Å². The summed E-state index contributed by atoms with van der Waals surface area (Å²) in [6, 6.07) is 0. The van der Waals surface area contributed by atoms with E-state index >= 15 is 0 Å². The van der Waals surface area contributed by atoms with Crippen molar-refractivity contribution in [3.63, 3.8) is 0 Å². The zero-order chi connectivity index (χ0) is 7.40. The van der Waals surface area contributed by atoms with Crippen LogP contribution in [-0.4, -0.2) is 4.43 Å². The van der Waals surface area contributed by atoms with Crippen molar-refractivity contribution in [3.8, 4) is 0 Å². The molecule has 10 heavy (non-hydrogen) atoms. The summed E-state index contributed by atoms with van der Waals surface area (Å²) in [4.78, 5) is 0. The number of rotatable bonds is 1. The first-order chi connectivity index (χ1) is 4.83. The molecule has 0 saturated heterocycles. The molecule has 0 aromatic heterocycles. The predicted molar refractivity (Wildman–Crippen MR) is 54.6 cm³/mol. The Hall–Kier alpha value is 0.470. The van der Waals surface area contributed by atoms with E-state index in [9.17, 15) is 0 Å². The average Bonchev–Trinajstić information content (AvgIpc) is 2.13. The molecule has 0 unspecified atom stereocenters. The highest BCUT2D eigenvalue weighted by Gasteiger charge is 2.05. The lowest BCUT2D eigenvalue weighted by atomic mass is 10.1. The summed E-state index contributed by atoms with van der Waals surface area (Å²) in [5, 5.41) is 0. The summed E-state index contributed by atoms with van der Waals surface area (Å²) in [5.74, 6) is 0.840. The zero-order valence-electron chi connectivity index (χ0n) is 6.57. The third kappa shape index (κ3) is 2.60. The van der Waals surface area contributed by atoms with E-state index in [1.54, 1.807) is 5.57 Å². The van der Waals surface area contributed by atoms with Gasteiger partial charge in [0.15, 0.2) is 0 Å². The Morgan fingerprint density at radius 3 is 3.10 bits per heavy atom. The SMILES string of the molecule is C[C@H]1C=C(CI)CCCC1. The normalized spacial score (nSPS) is 27.4. The Balaban J connectivity index is 2.50. The van der Waals surface area contributed by atoms with Crippen molar-refractivity contribution in [2.45, 2.75) is 32.6 Å². The number of alkyl halides is 1. The number of hydrogen-bond donors (Lipinski definition) is 0. The fourth-order valence-electron chi connectivity index (χ4n) is 1.50. The number of hydrogen-bond acceptors (Lipinski definition) is 0. The van der Waals surface area contributed by atoms with Crippen LogP contribution >= 0.6 is 22.6 Å². The van der Waals surface area contributed by atoms with Crippen LogP contribution in [0, 0.1) is 5.92 Å². The zero-order valence-corrected chi connectivity index (χ0v) is 8.73. The second-order valence-corrected chi connectivity index (χ2v) is 3.94. The summed E-state index contributed by atoms with van der Waals surface area (Å²) in [6.45, 7) is 2.33. The minimum atomic E-state index is 0.840. The molecule has 0 bridgehead atoms. The predicted octanol–water partition coefficient (Wildman–Crippen LogP) is 3.56. The smallest absolute Gasteiger partial charge is 0.0205 e. The van der Waals surface area contributed by atoms with Gasteiger partial charge in [-0.15, -0.1) is 0 Å². The van der Waals surface area contributed by atoms with Crippen LogP contribution < -0.4 is 0 Å². The molecule has 0 saturated carbocycles. The maximum atomic E-state index is 2.47. The molecule has 0 nitrogen and oxygen atoms in total. The first kappa shape index (κ1) is 8.57. The minimum absolute atomic E-state index is 0.840. The molecule has 1 heteroatoms. The third-order valence-electron chi connectivity index (χ3n) is 2.10. The fraction of sp³-hybridized carbons (Fsp3) is 0.778. The first-order valence-corrected chi connectivity index (χ1v) is 5.61. The van der Waals surface area contributed by atoms with Gasteiger partial charge in [0, 0.05) is 4.43 Å². The van der Waals surface area contributed by atoms with Gasteiger partial charge in [0.2, 0.25) is 0 Å². The highest BCUT2D eigenvalue weighted by molar-refractivity contribution is 14.1. The molecule has 1 rings (SSSR count). The lowest BCUT2D eigenvalue weighted by molar-refractivity contribution is 0.604. The van der Waals surface area contributed by atoms with Gasteiger partial charge in [0.05, 0.1) is 0 Å². The monoisotopic (exact) mass is 250 g/mol. The van der Waals surface area contributed by atoms with Crippen molar-refractivity contribution in [2.75, 3.05) is 4.43 Å². The summed E-state index contributed by atoms with van der Waals surface area (Å²) in [7, 11) is 0. The van der Waals surface area contributed by atoms with Gasteiger partial charge in [-0.1, -0.05) is 47.6 Å². The molecule has 0 aromatic rings. The molecule has 1 aliphatic carbocycles. The van der Waals surface area contributed by atoms with Crippen LogP contribution in [0.4, 0.5) is 0 Å². The van der Waals surface area contributed by atoms with E-state index in [-0.39, 0.29) is 0 Å². The van der Waals surface area contributed by atoms with E-state index in [4.69, 9.17) is 0 Å². The van der Waals surface area contributed by atoms with Gasteiger partial charge in [-0.25, -0.2) is 0 Å². The molecular formula is C9H15I. The van der Waals surface area contributed by atoms with Crippen molar-refractivity contribution >= 4 is 22.6 Å². The Morgan fingerprint density at radius 2 is 2.40 bits per heavy atom. The molecule has 0 heterocycles. The Kier molecular flexibility index (Phi) is 3.74. The Morgan fingerprint density at radius 1 is 1.60 bits per heavy atom. The van der Waals surface area contributed by atoms with E-state index in [1.165, 1.54) is 30.1 Å². The van der Waals surface area contributed by atoms with E-state index < -0.39 is 0 Å². The van der Waals surface area contributed by atoms with Crippen LogP contribution in [0.15, 0.2) is 11.6 Å². The van der Waals surface area contributed by atoms with Crippen LogP contribution in [0.3, 0.4) is 0 Å². The van der Waals surface area contributed by atoms with Crippen LogP contribution in [0.5, 0.6) is 0 Å². The maximum absolute atomic E-state index is 2.47. The van der Waals surface area contributed by atoms with E-state index in [1.807, 2.05) is 0 Å². The fourth-order valence-corrected chi connectivity index (χ4v) is 2.13. The van der Waals surface area contributed by atoms with Crippen LogP contribution in [0.25, 0.3) is 0 Å². The quantitative estimate of drug-likeness (QED) is 0.379. The van der Waals surface area contributed by atoms with Gasteiger partial charge in [0.25, 0.3) is 0 Å². The Labute approximate surface area is 77.2 Å². The van der Waals surface area contributed by atoms with Crippen molar-refractivity contribution in [3.05, 3.63) is 11.6 Å². The van der Waals surface area contributed by atoms with Gasteiger partial charge in [0.1, 0.15) is 0 Å². The molecule has 0 aliphatic heterocycles. The molecule has 1 atom stereocenters. The second-order valence-electron chi connectivity index (χ2n) is 3.18. The third-order valence-corrected chi connectivity index (χ3v) is 3.08. The van der Waals surface area contributed by atoms with Gasteiger partial charge in [-0.3, -0.25) is 0 Å². The van der Waals surface area contributed by atoms with E-state index in [0.29, 0.717) is 0 Å². The Bertz CT molecular complexity index is 127. The molecule has 0 radical (unpaired) electrons. The lowest BCUT2D eigenvalue weighted by Gasteiger charge is -2.01. The topological polar surface area (TPSA) is 0 Å². The van der Waals surface area contributed by atoms with Gasteiger partial charge < -0.3 is 0 Å². The summed E-state index contributed by atoms with van der Waals surface area (Å²) < 4.78 is 1.24. The maximum Gasteiger partial charge on any atom is 0.0205 e. The van der Waals surface area contributed by atoms with Crippen molar-refractivity contribution < 1.29 is 0 Å². The highest BCUT2D eigenvalue weighted by atomic mass is 127. The van der Waals surface area contributed by atoms with Crippen molar-refractivity contribution in [2.24, 2.45) is 5.92 Å². The molecule has 0 aromatic carbocycles. The summed E-state index contributed by atoms with van der Waals surface area (Å²) in [5.41, 5.74) is 1.67. The number of halogens is 1. The highest BCUT2D eigenvalue weighted by Crippen LogP contribution is 2.22. The molecule has 0 spiro atoms. The molecule has 58 valence electrons.